The van der Waals surface area contributed by atoms with Crippen molar-refractivity contribution >= 4 is 30.0 Å². The monoisotopic (exact) mass is 481 g/mol. The first-order valence-corrected chi connectivity index (χ1v) is 10.3. The van der Waals surface area contributed by atoms with E-state index in [1.807, 2.05) is 0 Å². The van der Waals surface area contributed by atoms with Gasteiger partial charge in [-0.25, -0.2) is 4.79 Å². The minimum atomic E-state index is -1.49. The Kier molecular flexibility index (Phi) is 9.80. The Balaban J connectivity index is 2.30. The van der Waals surface area contributed by atoms with Gasteiger partial charge < -0.3 is 33.7 Å². The molecule has 1 aliphatic rings. The maximum atomic E-state index is 12.5. The first kappa shape index (κ1) is 26.6. The maximum Gasteiger partial charge on any atom is 0.408 e. The highest BCUT2D eigenvalue weighted by atomic mass is 16.7. The minimum absolute atomic E-state index is 0.0703. The number of benzene rings is 1. The molecule has 0 aromatic heterocycles. The number of carbonyl (C=O) groups is 5. The summed E-state index contributed by atoms with van der Waals surface area (Å²) in [4.78, 5) is 59.1. The second-order valence-corrected chi connectivity index (χ2v) is 7.33. The van der Waals surface area contributed by atoms with Crippen LogP contribution in [-0.4, -0.2) is 67.2 Å². The molecule has 1 aromatic rings. The molecule has 12 heteroatoms. The maximum absolute atomic E-state index is 12.5. The molecule has 1 N–H and O–H groups in total. The van der Waals surface area contributed by atoms with E-state index in [4.69, 9.17) is 28.4 Å². The van der Waals surface area contributed by atoms with Crippen molar-refractivity contribution in [3.05, 3.63) is 35.9 Å². The second kappa shape index (κ2) is 12.5. The molecular formula is C22H27NO11. The molecule has 0 unspecified atom stereocenters. The van der Waals surface area contributed by atoms with Crippen LogP contribution < -0.4 is 5.32 Å². The highest BCUT2D eigenvalue weighted by molar-refractivity contribution is 5.70. The average molecular weight is 481 g/mol. The van der Waals surface area contributed by atoms with Gasteiger partial charge in [-0.15, -0.1) is 0 Å². The molecule has 0 spiro atoms. The highest BCUT2D eigenvalue weighted by Gasteiger charge is 2.52. The average Bonchev–Trinajstić information content (AvgIpc) is 2.74. The molecule has 1 aromatic carbocycles. The molecule has 0 aliphatic carbocycles. The summed E-state index contributed by atoms with van der Waals surface area (Å²) in [6.45, 7) is 4.00. The zero-order valence-corrected chi connectivity index (χ0v) is 19.2. The van der Waals surface area contributed by atoms with Gasteiger partial charge >= 0.3 is 30.0 Å². The van der Waals surface area contributed by atoms with Crippen molar-refractivity contribution in [3.63, 3.8) is 0 Å². The summed E-state index contributed by atoms with van der Waals surface area (Å²) in [5.74, 6) is -2.95. The molecule has 2 rings (SSSR count). The zero-order chi connectivity index (χ0) is 25.3. The molecule has 1 amide bonds. The third-order valence-electron chi connectivity index (χ3n) is 4.48. The lowest BCUT2D eigenvalue weighted by atomic mass is 9.96. The lowest BCUT2D eigenvalue weighted by Crippen LogP contribution is -2.67. The molecule has 0 bridgehead atoms. The summed E-state index contributed by atoms with van der Waals surface area (Å²) in [7, 11) is 0. The quantitative estimate of drug-likeness (QED) is 0.418. The van der Waals surface area contributed by atoms with Crippen molar-refractivity contribution < 1.29 is 52.4 Å². The fraction of sp³-hybridized carbons (Fsp3) is 0.500. The van der Waals surface area contributed by atoms with Gasteiger partial charge in [0, 0.05) is 27.7 Å². The van der Waals surface area contributed by atoms with E-state index in [-0.39, 0.29) is 6.61 Å². The first-order chi connectivity index (χ1) is 16.1. The highest BCUT2D eigenvalue weighted by Crippen LogP contribution is 2.28. The van der Waals surface area contributed by atoms with E-state index in [1.165, 1.54) is 0 Å². The Bertz CT molecular complexity index is 888. The van der Waals surface area contributed by atoms with Crippen LogP contribution in [0.15, 0.2) is 30.3 Å². The van der Waals surface area contributed by atoms with Crippen LogP contribution in [0.5, 0.6) is 0 Å². The Labute approximate surface area is 195 Å². The van der Waals surface area contributed by atoms with Gasteiger partial charge in [0.05, 0.1) is 0 Å². The zero-order valence-electron chi connectivity index (χ0n) is 19.2. The number of hydrogen-bond donors (Lipinski definition) is 1. The van der Waals surface area contributed by atoms with E-state index in [2.05, 4.69) is 5.32 Å². The molecule has 0 saturated carbocycles. The molecule has 1 fully saturated rings. The van der Waals surface area contributed by atoms with Crippen LogP contribution in [0.2, 0.25) is 0 Å². The predicted octanol–water partition coefficient (Wildman–Crippen LogP) is 0.996. The van der Waals surface area contributed by atoms with Crippen molar-refractivity contribution in [1.82, 2.24) is 5.32 Å². The molecule has 0 radical (unpaired) electrons. The number of alkyl carbamates (subject to hydrolysis) is 1. The van der Waals surface area contributed by atoms with Gasteiger partial charge in [0.1, 0.15) is 25.4 Å². The van der Waals surface area contributed by atoms with E-state index in [1.54, 1.807) is 30.3 Å². The summed E-state index contributed by atoms with van der Waals surface area (Å²) in [5.41, 5.74) is 0.713. The van der Waals surface area contributed by atoms with Crippen LogP contribution in [-0.2, 0) is 54.2 Å². The first-order valence-electron chi connectivity index (χ1n) is 10.3. The number of ether oxygens (including phenoxy) is 6. The summed E-state index contributed by atoms with van der Waals surface area (Å²) >= 11 is 0. The van der Waals surface area contributed by atoms with Crippen molar-refractivity contribution in [1.29, 1.82) is 0 Å². The summed E-state index contributed by atoms with van der Waals surface area (Å²) in [6.07, 6.45) is -6.29. The van der Waals surface area contributed by atoms with E-state index < -0.39 is 67.2 Å². The lowest BCUT2D eigenvalue weighted by molar-refractivity contribution is -0.270. The SMILES string of the molecule is CC(=O)OC[C@@H]1O[C@H](OC(C)=O)[C@H](NC(=O)OCc2ccccc2)[C@@H](OC(C)=O)[C@@H]1OC(C)=O. The number of carbonyl (C=O) groups excluding carboxylic acids is 5. The van der Waals surface area contributed by atoms with E-state index in [0.717, 1.165) is 27.7 Å². The molecule has 1 aliphatic heterocycles. The number of hydrogen-bond acceptors (Lipinski definition) is 11. The molecule has 186 valence electrons. The Morgan fingerprint density at radius 3 is 1.94 bits per heavy atom. The minimum Gasteiger partial charge on any atom is -0.463 e. The molecule has 1 saturated heterocycles. The Hall–Kier alpha value is -3.67. The molecule has 34 heavy (non-hydrogen) atoms. The summed E-state index contributed by atoms with van der Waals surface area (Å²) in [5, 5.41) is 2.45. The summed E-state index contributed by atoms with van der Waals surface area (Å²) < 4.78 is 31.6. The van der Waals surface area contributed by atoms with Gasteiger partial charge in [0.25, 0.3) is 0 Å². The van der Waals surface area contributed by atoms with Crippen LogP contribution in [0.1, 0.15) is 33.3 Å². The number of rotatable bonds is 8. The van der Waals surface area contributed by atoms with Gasteiger partial charge in [-0.2, -0.15) is 0 Å². The fourth-order valence-corrected chi connectivity index (χ4v) is 3.22. The van der Waals surface area contributed by atoms with Gasteiger partial charge in [-0.05, 0) is 5.56 Å². The smallest absolute Gasteiger partial charge is 0.408 e. The lowest BCUT2D eigenvalue weighted by Gasteiger charge is -2.44. The van der Waals surface area contributed by atoms with Crippen molar-refractivity contribution in [3.8, 4) is 0 Å². The van der Waals surface area contributed by atoms with Gasteiger partial charge in [0.2, 0.25) is 6.29 Å². The van der Waals surface area contributed by atoms with Crippen LogP contribution in [0, 0.1) is 0 Å². The number of amides is 1. The fourth-order valence-electron chi connectivity index (χ4n) is 3.22. The van der Waals surface area contributed by atoms with Crippen LogP contribution in [0.25, 0.3) is 0 Å². The third-order valence-corrected chi connectivity index (χ3v) is 4.48. The predicted molar refractivity (Wildman–Crippen MR) is 112 cm³/mol. The standard InChI is InChI=1S/C22H27NO11/c1-12(24)29-11-17-19(31-13(2)25)20(32-14(3)26)18(21(34-17)33-15(4)27)23-22(28)30-10-16-8-6-5-7-9-16/h5-9,17-21H,10-11H2,1-4H3,(H,23,28)/t17-,18+,19+,20+,21-/m0/s1. The molecular weight excluding hydrogens is 454 g/mol. The van der Waals surface area contributed by atoms with Crippen LogP contribution in [0.4, 0.5) is 4.79 Å². The van der Waals surface area contributed by atoms with E-state index in [9.17, 15) is 24.0 Å². The van der Waals surface area contributed by atoms with E-state index in [0.29, 0.717) is 5.56 Å². The third kappa shape index (κ3) is 8.35. The van der Waals surface area contributed by atoms with Crippen LogP contribution >= 0.6 is 0 Å². The topological polar surface area (TPSA) is 153 Å². The Morgan fingerprint density at radius 2 is 1.38 bits per heavy atom. The van der Waals surface area contributed by atoms with Crippen molar-refractivity contribution in [2.24, 2.45) is 0 Å². The van der Waals surface area contributed by atoms with Gasteiger partial charge in [-0.1, -0.05) is 30.3 Å². The molecule has 1 heterocycles. The van der Waals surface area contributed by atoms with Gasteiger partial charge in [0.15, 0.2) is 12.2 Å². The Morgan fingerprint density at radius 1 is 0.794 bits per heavy atom. The molecule has 12 nitrogen and oxygen atoms in total. The van der Waals surface area contributed by atoms with E-state index >= 15 is 0 Å². The van der Waals surface area contributed by atoms with Gasteiger partial charge in [-0.3, -0.25) is 19.2 Å². The number of nitrogens with one attached hydrogen (secondary N) is 1. The van der Waals surface area contributed by atoms with Crippen LogP contribution in [0.3, 0.4) is 0 Å². The van der Waals surface area contributed by atoms with Crippen molar-refractivity contribution in [2.75, 3.05) is 6.61 Å². The molecule has 5 atom stereocenters. The summed E-state index contributed by atoms with van der Waals surface area (Å²) in [6, 6.07) is 7.51. The van der Waals surface area contributed by atoms with Crippen molar-refractivity contribution in [2.45, 2.75) is 64.9 Å². The number of esters is 4. The largest absolute Gasteiger partial charge is 0.463 e. The normalized spacial score (nSPS) is 23.7. The second-order valence-electron chi connectivity index (χ2n) is 7.33.